The summed E-state index contributed by atoms with van der Waals surface area (Å²) in [7, 11) is 0. The van der Waals surface area contributed by atoms with Crippen LogP contribution in [0.25, 0.3) is 0 Å². The molecule has 0 spiro atoms. The number of nitrogens with zero attached hydrogens (tertiary/aromatic N) is 2. The smallest absolute Gasteiger partial charge is 0.253 e. The molecule has 7 heteroatoms. The van der Waals surface area contributed by atoms with Gasteiger partial charge in [0.25, 0.3) is 5.91 Å². The molecule has 152 valence electrons. The highest BCUT2D eigenvalue weighted by Gasteiger charge is 2.40. The van der Waals surface area contributed by atoms with Gasteiger partial charge in [0.2, 0.25) is 11.8 Å². The molecule has 3 amide bonds. The van der Waals surface area contributed by atoms with E-state index < -0.39 is 0 Å². The number of amides is 3. The molecule has 0 radical (unpaired) electrons. The van der Waals surface area contributed by atoms with Crippen molar-refractivity contribution in [2.24, 2.45) is 5.92 Å². The molecule has 1 N–H and O–H groups in total. The Bertz CT molecular complexity index is 749. The van der Waals surface area contributed by atoms with E-state index in [2.05, 4.69) is 5.32 Å². The van der Waals surface area contributed by atoms with Gasteiger partial charge in [-0.25, -0.2) is 0 Å². The Kier molecular flexibility index (Phi) is 5.98. The van der Waals surface area contributed by atoms with E-state index in [9.17, 15) is 14.4 Å². The van der Waals surface area contributed by atoms with E-state index in [-0.39, 0.29) is 41.6 Å². The van der Waals surface area contributed by atoms with E-state index in [1.807, 2.05) is 25.7 Å². The van der Waals surface area contributed by atoms with Crippen molar-refractivity contribution in [3.63, 3.8) is 0 Å². The van der Waals surface area contributed by atoms with Crippen molar-refractivity contribution in [2.75, 3.05) is 19.6 Å². The molecule has 2 fully saturated rings. The second kappa shape index (κ2) is 8.11. The van der Waals surface area contributed by atoms with Crippen molar-refractivity contribution in [1.82, 2.24) is 15.1 Å². The van der Waals surface area contributed by atoms with Gasteiger partial charge in [0.05, 0.1) is 5.92 Å². The molecule has 2 aliphatic heterocycles. The van der Waals surface area contributed by atoms with Crippen LogP contribution in [0.4, 0.5) is 0 Å². The number of likely N-dealkylation sites (tertiary alicyclic amines) is 2. The number of nitrogens with one attached hydrogen (secondary N) is 1. The highest BCUT2D eigenvalue weighted by Crippen LogP contribution is 2.26. The topological polar surface area (TPSA) is 69.7 Å². The Morgan fingerprint density at radius 1 is 1.11 bits per heavy atom. The molecule has 2 saturated heterocycles. The zero-order valence-electron chi connectivity index (χ0n) is 16.7. The average Bonchev–Trinajstić information content (AvgIpc) is 3.05. The van der Waals surface area contributed by atoms with Crippen LogP contribution >= 0.6 is 11.6 Å². The van der Waals surface area contributed by atoms with Crippen LogP contribution in [0.5, 0.6) is 0 Å². The van der Waals surface area contributed by atoms with Crippen molar-refractivity contribution < 1.29 is 14.4 Å². The van der Waals surface area contributed by atoms with E-state index in [4.69, 9.17) is 11.6 Å². The molecule has 1 aromatic rings. The predicted octanol–water partition coefficient (Wildman–Crippen LogP) is 2.71. The molecule has 0 saturated carbocycles. The van der Waals surface area contributed by atoms with Crippen molar-refractivity contribution in [3.05, 3.63) is 34.9 Å². The second-order valence-electron chi connectivity index (χ2n) is 8.66. The summed E-state index contributed by atoms with van der Waals surface area (Å²) in [5, 5.41) is 3.69. The molecule has 2 heterocycles. The lowest BCUT2D eigenvalue weighted by Crippen LogP contribution is -2.48. The third kappa shape index (κ3) is 4.66. The van der Waals surface area contributed by atoms with Crippen LogP contribution in [0.2, 0.25) is 5.02 Å². The molecule has 0 aromatic heterocycles. The molecule has 0 bridgehead atoms. The SMILES string of the molecule is CC(C)(C)N1CC(C(=O)NC2CCN(C(=O)c3ccc(Cl)cc3)CC2)CC1=O. The molecule has 2 aliphatic rings. The third-order valence-corrected chi connectivity index (χ3v) is 5.78. The zero-order chi connectivity index (χ0) is 20.5. The molecule has 0 aliphatic carbocycles. The van der Waals surface area contributed by atoms with Gasteiger partial charge >= 0.3 is 0 Å². The summed E-state index contributed by atoms with van der Waals surface area (Å²) < 4.78 is 0. The molecule has 1 atom stereocenters. The van der Waals surface area contributed by atoms with Crippen molar-refractivity contribution in [2.45, 2.75) is 51.6 Å². The first-order valence-corrected chi connectivity index (χ1v) is 10.2. The summed E-state index contributed by atoms with van der Waals surface area (Å²) in [6.07, 6.45) is 1.71. The van der Waals surface area contributed by atoms with Gasteiger partial charge in [-0.15, -0.1) is 0 Å². The molecule has 1 unspecified atom stereocenters. The first-order valence-electron chi connectivity index (χ1n) is 9.81. The van der Waals surface area contributed by atoms with E-state index in [1.165, 1.54) is 0 Å². The minimum atomic E-state index is -0.291. The van der Waals surface area contributed by atoms with E-state index >= 15 is 0 Å². The predicted molar refractivity (Wildman–Crippen MR) is 108 cm³/mol. The maximum Gasteiger partial charge on any atom is 0.253 e. The number of hydrogen-bond donors (Lipinski definition) is 1. The van der Waals surface area contributed by atoms with E-state index in [0.29, 0.717) is 43.1 Å². The fourth-order valence-electron chi connectivity index (χ4n) is 3.85. The molecule has 28 heavy (non-hydrogen) atoms. The Labute approximate surface area is 171 Å². The van der Waals surface area contributed by atoms with Crippen molar-refractivity contribution in [3.8, 4) is 0 Å². The number of halogens is 1. The number of piperidine rings is 1. The van der Waals surface area contributed by atoms with E-state index in [1.54, 1.807) is 29.2 Å². The minimum absolute atomic E-state index is 0.0105. The minimum Gasteiger partial charge on any atom is -0.353 e. The van der Waals surface area contributed by atoms with Gasteiger partial charge in [0.15, 0.2) is 0 Å². The quantitative estimate of drug-likeness (QED) is 0.840. The Hall–Kier alpha value is -2.08. The van der Waals surface area contributed by atoms with Gasteiger partial charge in [-0.05, 0) is 57.9 Å². The Morgan fingerprint density at radius 2 is 1.71 bits per heavy atom. The molecular weight excluding hydrogens is 378 g/mol. The van der Waals surface area contributed by atoms with Crippen LogP contribution in [-0.4, -0.2) is 58.7 Å². The lowest BCUT2D eigenvalue weighted by atomic mass is 10.0. The first-order chi connectivity index (χ1) is 13.1. The summed E-state index contributed by atoms with van der Waals surface area (Å²) in [6, 6.07) is 6.94. The van der Waals surface area contributed by atoms with Crippen LogP contribution in [0.3, 0.4) is 0 Å². The van der Waals surface area contributed by atoms with Gasteiger partial charge in [-0.2, -0.15) is 0 Å². The number of benzene rings is 1. The number of rotatable bonds is 3. The highest BCUT2D eigenvalue weighted by molar-refractivity contribution is 6.30. The van der Waals surface area contributed by atoms with Gasteiger partial charge in [0, 0.05) is 48.2 Å². The Balaban J connectivity index is 1.49. The lowest BCUT2D eigenvalue weighted by Gasteiger charge is -2.33. The van der Waals surface area contributed by atoms with Crippen molar-refractivity contribution >= 4 is 29.3 Å². The lowest BCUT2D eigenvalue weighted by molar-refractivity contribution is -0.132. The second-order valence-corrected chi connectivity index (χ2v) is 9.09. The van der Waals surface area contributed by atoms with Gasteiger partial charge in [0.1, 0.15) is 0 Å². The third-order valence-electron chi connectivity index (χ3n) is 5.53. The van der Waals surface area contributed by atoms with E-state index in [0.717, 1.165) is 0 Å². The molecular formula is C21H28ClN3O3. The number of hydrogen-bond acceptors (Lipinski definition) is 3. The largest absolute Gasteiger partial charge is 0.353 e. The highest BCUT2D eigenvalue weighted by atomic mass is 35.5. The van der Waals surface area contributed by atoms with Crippen LogP contribution in [0.1, 0.15) is 50.4 Å². The first kappa shape index (κ1) is 20.6. The van der Waals surface area contributed by atoms with Gasteiger partial charge in [-0.3, -0.25) is 14.4 Å². The van der Waals surface area contributed by atoms with Crippen LogP contribution < -0.4 is 5.32 Å². The van der Waals surface area contributed by atoms with Crippen molar-refractivity contribution in [1.29, 1.82) is 0 Å². The van der Waals surface area contributed by atoms with Crippen LogP contribution in [0.15, 0.2) is 24.3 Å². The zero-order valence-corrected chi connectivity index (χ0v) is 17.5. The fourth-order valence-corrected chi connectivity index (χ4v) is 3.98. The molecule has 6 nitrogen and oxygen atoms in total. The van der Waals surface area contributed by atoms with Crippen LogP contribution in [-0.2, 0) is 9.59 Å². The number of carbonyl (C=O) groups is 3. The van der Waals surface area contributed by atoms with Gasteiger partial charge in [-0.1, -0.05) is 11.6 Å². The summed E-state index contributed by atoms with van der Waals surface area (Å²) in [5.74, 6) is -0.317. The molecule has 3 rings (SSSR count). The molecule has 1 aromatic carbocycles. The number of carbonyl (C=O) groups excluding carboxylic acids is 3. The summed E-state index contributed by atoms with van der Waals surface area (Å²) in [4.78, 5) is 41.0. The Morgan fingerprint density at radius 3 is 2.25 bits per heavy atom. The summed E-state index contributed by atoms with van der Waals surface area (Å²) in [6.45, 7) is 7.63. The monoisotopic (exact) mass is 405 g/mol. The maximum absolute atomic E-state index is 12.6. The van der Waals surface area contributed by atoms with Crippen LogP contribution in [0, 0.1) is 5.92 Å². The summed E-state index contributed by atoms with van der Waals surface area (Å²) in [5.41, 5.74) is 0.359. The van der Waals surface area contributed by atoms with Gasteiger partial charge < -0.3 is 15.1 Å². The average molecular weight is 406 g/mol. The normalized spacial score (nSPS) is 21.1. The summed E-state index contributed by atoms with van der Waals surface area (Å²) >= 11 is 5.88. The maximum atomic E-state index is 12.6. The standard InChI is InChI=1S/C21H28ClN3O3/c1-21(2,3)25-13-15(12-18(25)26)19(27)23-17-8-10-24(11-9-17)20(28)14-4-6-16(22)7-5-14/h4-7,15,17H,8-13H2,1-3H3,(H,23,27). The fraction of sp³-hybridized carbons (Fsp3) is 0.571.